The third kappa shape index (κ3) is 4.76. The number of rotatable bonds is 7. The van der Waals surface area contributed by atoms with E-state index in [0.717, 1.165) is 28.0 Å². The van der Waals surface area contributed by atoms with E-state index in [2.05, 4.69) is 0 Å². The molecule has 1 unspecified atom stereocenters. The lowest BCUT2D eigenvalue weighted by atomic mass is 9.92. The predicted molar refractivity (Wildman–Crippen MR) is 117 cm³/mol. The first-order chi connectivity index (χ1) is 14.4. The molecular formula is C23H30O6S. The van der Waals surface area contributed by atoms with Crippen LogP contribution in [0.4, 0.5) is 0 Å². The summed E-state index contributed by atoms with van der Waals surface area (Å²) in [5, 5.41) is 39.5. The average Bonchev–Trinajstić information content (AvgIpc) is 2.75. The van der Waals surface area contributed by atoms with Gasteiger partial charge in [0.05, 0.1) is 43.0 Å². The van der Waals surface area contributed by atoms with Crippen LogP contribution in [-0.4, -0.2) is 64.3 Å². The lowest BCUT2D eigenvalue weighted by molar-refractivity contribution is -0.0701. The maximum Gasteiger partial charge on any atom is 0.123 e. The van der Waals surface area contributed by atoms with Gasteiger partial charge in [-0.1, -0.05) is 18.2 Å². The van der Waals surface area contributed by atoms with E-state index in [1.165, 1.54) is 11.8 Å². The zero-order valence-corrected chi connectivity index (χ0v) is 18.3. The van der Waals surface area contributed by atoms with Crippen LogP contribution in [-0.2, 0) is 6.42 Å². The summed E-state index contributed by atoms with van der Waals surface area (Å²) in [5.41, 5.74) is 3.99. The Kier molecular flexibility index (Phi) is 7.65. The quantitative estimate of drug-likeness (QED) is 0.530. The van der Waals surface area contributed by atoms with Gasteiger partial charge in [0.25, 0.3) is 0 Å². The molecule has 0 aliphatic carbocycles. The minimum absolute atomic E-state index is 0.292. The molecule has 1 aliphatic heterocycles. The number of hydrogen-bond acceptors (Lipinski definition) is 7. The molecule has 0 amide bonds. The molecular weight excluding hydrogens is 404 g/mol. The number of aryl methyl sites for hydroxylation is 1. The van der Waals surface area contributed by atoms with Crippen molar-refractivity contribution in [1.29, 1.82) is 0 Å². The summed E-state index contributed by atoms with van der Waals surface area (Å²) in [7, 11) is 1.57. The van der Waals surface area contributed by atoms with Crippen molar-refractivity contribution in [2.75, 3.05) is 20.3 Å². The Balaban J connectivity index is 1.93. The molecule has 0 radical (unpaired) electrons. The van der Waals surface area contributed by atoms with Gasteiger partial charge >= 0.3 is 0 Å². The van der Waals surface area contributed by atoms with Crippen molar-refractivity contribution in [2.45, 2.75) is 49.1 Å². The monoisotopic (exact) mass is 434 g/mol. The molecule has 3 rings (SSSR count). The molecule has 0 saturated carbocycles. The fraction of sp³-hybridized carbons (Fsp3) is 0.478. The first kappa shape index (κ1) is 22.9. The van der Waals surface area contributed by atoms with Crippen LogP contribution in [0.2, 0.25) is 0 Å². The topological polar surface area (TPSA) is 99.4 Å². The molecule has 1 fully saturated rings. The Morgan fingerprint density at radius 1 is 1.00 bits per heavy atom. The van der Waals surface area contributed by atoms with Gasteiger partial charge in [0.1, 0.15) is 17.6 Å². The Morgan fingerprint density at radius 3 is 2.30 bits per heavy atom. The SMILES string of the molecule is CCOc1ccc(Cc2cc(C3S[C@H](CO)[C@@H](O)[C@H](O)[C@H]3O)c(OC)cc2C)cc1. The summed E-state index contributed by atoms with van der Waals surface area (Å²) in [6.45, 7) is 4.29. The largest absolute Gasteiger partial charge is 0.496 e. The summed E-state index contributed by atoms with van der Waals surface area (Å²) < 4.78 is 11.1. The molecule has 164 valence electrons. The first-order valence-electron chi connectivity index (χ1n) is 10.1. The van der Waals surface area contributed by atoms with Crippen molar-refractivity contribution in [3.63, 3.8) is 0 Å². The van der Waals surface area contributed by atoms with Gasteiger partial charge in [-0.25, -0.2) is 0 Å². The number of ether oxygens (including phenoxy) is 2. The average molecular weight is 435 g/mol. The molecule has 7 heteroatoms. The number of methoxy groups -OCH3 is 1. The maximum absolute atomic E-state index is 10.6. The second-order valence-electron chi connectivity index (χ2n) is 7.52. The van der Waals surface area contributed by atoms with Crippen LogP contribution in [0.1, 0.15) is 34.4 Å². The molecule has 1 heterocycles. The Morgan fingerprint density at radius 2 is 1.70 bits per heavy atom. The second-order valence-corrected chi connectivity index (χ2v) is 8.91. The first-order valence-corrected chi connectivity index (χ1v) is 11.0. The van der Waals surface area contributed by atoms with Crippen molar-refractivity contribution < 1.29 is 29.9 Å². The summed E-state index contributed by atoms with van der Waals surface area (Å²) in [6, 6.07) is 11.9. The van der Waals surface area contributed by atoms with Crippen LogP contribution >= 0.6 is 11.8 Å². The van der Waals surface area contributed by atoms with Gasteiger partial charge in [0, 0.05) is 5.56 Å². The Labute approximate surface area is 181 Å². The molecule has 0 spiro atoms. The second kappa shape index (κ2) is 10.0. The van der Waals surface area contributed by atoms with E-state index >= 15 is 0 Å². The molecule has 30 heavy (non-hydrogen) atoms. The van der Waals surface area contributed by atoms with Crippen LogP contribution in [0, 0.1) is 6.92 Å². The van der Waals surface area contributed by atoms with Crippen molar-refractivity contribution in [3.8, 4) is 11.5 Å². The fourth-order valence-corrected chi connectivity index (χ4v) is 5.22. The van der Waals surface area contributed by atoms with E-state index in [0.29, 0.717) is 18.8 Å². The van der Waals surface area contributed by atoms with Crippen molar-refractivity contribution >= 4 is 11.8 Å². The van der Waals surface area contributed by atoms with Gasteiger partial charge < -0.3 is 29.9 Å². The van der Waals surface area contributed by atoms with E-state index in [-0.39, 0.29) is 6.61 Å². The summed E-state index contributed by atoms with van der Waals surface area (Å²) >= 11 is 1.26. The van der Waals surface area contributed by atoms with Gasteiger partial charge in [0.15, 0.2) is 0 Å². The summed E-state index contributed by atoms with van der Waals surface area (Å²) in [5.74, 6) is 1.44. The predicted octanol–water partition coefficient (Wildman–Crippen LogP) is 2.22. The molecule has 1 aliphatic rings. The minimum Gasteiger partial charge on any atom is -0.496 e. The van der Waals surface area contributed by atoms with Crippen LogP contribution in [0.5, 0.6) is 11.5 Å². The highest BCUT2D eigenvalue weighted by Gasteiger charge is 2.44. The van der Waals surface area contributed by atoms with Crippen LogP contribution < -0.4 is 9.47 Å². The number of benzene rings is 2. The highest BCUT2D eigenvalue weighted by atomic mass is 32.2. The number of hydrogen-bond donors (Lipinski definition) is 4. The molecule has 6 nitrogen and oxygen atoms in total. The standard InChI is InChI=1S/C23H30O6S/c1-4-29-16-7-5-14(6-8-16)10-15-11-17(18(28-3)9-13(15)2)23-22(27)21(26)20(25)19(12-24)30-23/h5-9,11,19-27H,4,10,12H2,1-3H3/t19-,20-,21+,22-,23?/m1/s1. The normalized spacial score (nSPS) is 26.4. The lowest BCUT2D eigenvalue weighted by Gasteiger charge is -2.40. The van der Waals surface area contributed by atoms with Crippen molar-refractivity contribution in [2.24, 2.45) is 0 Å². The van der Waals surface area contributed by atoms with Crippen LogP contribution in [0.3, 0.4) is 0 Å². The van der Waals surface area contributed by atoms with Gasteiger partial charge in [-0.2, -0.15) is 0 Å². The zero-order chi connectivity index (χ0) is 21.8. The van der Waals surface area contributed by atoms with Gasteiger partial charge in [-0.3, -0.25) is 0 Å². The highest BCUT2D eigenvalue weighted by Crippen LogP contribution is 2.46. The fourth-order valence-electron chi connectivity index (χ4n) is 3.78. The number of thioether (sulfide) groups is 1. The van der Waals surface area contributed by atoms with Crippen molar-refractivity contribution in [1.82, 2.24) is 0 Å². The number of aliphatic hydroxyl groups excluding tert-OH is 4. The molecule has 0 aromatic heterocycles. The summed E-state index contributed by atoms with van der Waals surface area (Å²) in [6.07, 6.45) is -3.01. The molecule has 1 saturated heterocycles. The number of aliphatic hydroxyl groups is 4. The lowest BCUT2D eigenvalue weighted by Crippen LogP contribution is -2.51. The third-order valence-electron chi connectivity index (χ3n) is 5.52. The van der Waals surface area contributed by atoms with E-state index < -0.39 is 28.8 Å². The van der Waals surface area contributed by atoms with Crippen LogP contribution in [0.15, 0.2) is 36.4 Å². The highest BCUT2D eigenvalue weighted by molar-refractivity contribution is 8.00. The maximum atomic E-state index is 10.6. The van der Waals surface area contributed by atoms with Gasteiger partial charge in [-0.15, -0.1) is 11.8 Å². The van der Waals surface area contributed by atoms with Gasteiger partial charge in [-0.05, 0) is 55.2 Å². The molecule has 4 N–H and O–H groups in total. The minimum atomic E-state index is -1.34. The molecule has 2 aromatic carbocycles. The molecule has 2 aromatic rings. The van der Waals surface area contributed by atoms with E-state index in [1.807, 2.05) is 50.2 Å². The molecule has 5 atom stereocenters. The Bertz CT molecular complexity index is 838. The summed E-state index contributed by atoms with van der Waals surface area (Å²) in [4.78, 5) is 0. The molecule has 0 bridgehead atoms. The van der Waals surface area contributed by atoms with Gasteiger partial charge in [0.2, 0.25) is 0 Å². The van der Waals surface area contributed by atoms with E-state index in [1.54, 1.807) is 7.11 Å². The van der Waals surface area contributed by atoms with Crippen molar-refractivity contribution in [3.05, 3.63) is 58.7 Å². The van der Waals surface area contributed by atoms with E-state index in [4.69, 9.17) is 9.47 Å². The zero-order valence-electron chi connectivity index (χ0n) is 17.5. The van der Waals surface area contributed by atoms with Crippen LogP contribution in [0.25, 0.3) is 0 Å². The third-order valence-corrected chi connectivity index (χ3v) is 7.12. The Hall–Kier alpha value is -1.77. The van der Waals surface area contributed by atoms with E-state index in [9.17, 15) is 20.4 Å². The smallest absolute Gasteiger partial charge is 0.123 e.